The third kappa shape index (κ3) is 1.92. The smallest absolute Gasteiger partial charge is 0.256 e. The van der Waals surface area contributed by atoms with Gasteiger partial charge in [0.15, 0.2) is 0 Å². The van der Waals surface area contributed by atoms with Gasteiger partial charge in [0.2, 0.25) is 0 Å². The monoisotopic (exact) mass is 285 g/mol. The zero-order valence-electron chi connectivity index (χ0n) is 11.7. The molecule has 2 saturated heterocycles. The summed E-state index contributed by atoms with van der Waals surface area (Å²) in [6.45, 7) is 0. The first-order chi connectivity index (χ1) is 10.1. The Hall–Kier alpha value is -2.01. The number of aliphatic hydroxyl groups excluding tert-OH is 1. The van der Waals surface area contributed by atoms with Gasteiger partial charge in [0, 0.05) is 34.9 Å². The predicted molar refractivity (Wildman–Crippen MR) is 80.9 cm³/mol. The summed E-state index contributed by atoms with van der Waals surface area (Å²) in [6, 6.07) is 5.94. The Morgan fingerprint density at radius 2 is 2.00 bits per heavy atom. The maximum Gasteiger partial charge on any atom is 0.256 e. The summed E-state index contributed by atoms with van der Waals surface area (Å²) in [5.74, 6) is 0.0745. The van der Waals surface area contributed by atoms with Crippen LogP contribution in [0, 0.1) is 0 Å². The van der Waals surface area contributed by atoms with E-state index in [9.17, 15) is 9.90 Å². The number of piperidine rings is 1. The molecule has 21 heavy (non-hydrogen) atoms. The molecule has 2 atom stereocenters. The summed E-state index contributed by atoms with van der Waals surface area (Å²) in [7, 11) is 0. The highest BCUT2D eigenvalue weighted by atomic mass is 16.3. The number of H-pyrrole nitrogens is 1. The van der Waals surface area contributed by atoms with Gasteiger partial charge in [-0.2, -0.15) is 0 Å². The molecule has 2 aliphatic rings. The summed E-state index contributed by atoms with van der Waals surface area (Å²) >= 11 is 0. The van der Waals surface area contributed by atoms with Crippen LogP contribution in [-0.2, 0) is 0 Å². The summed E-state index contributed by atoms with van der Waals surface area (Å²) in [5, 5.41) is 10.8. The van der Waals surface area contributed by atoms with Gasteiger partial charge in [0.05, 0.1) is 11.7 Å². The minimum absolute atomic E-state index is 0.0745. The van der Waals surface area contributed by atoms with E-state index in [0.29, 0.717) is 24.1 Å². The number of hydrogen-bond acceptors (Lipinski definition) is 3. The Balaban J connectivity index is 1.71. The fourth-order valence-corrected chi connectivity index (χ4v) is 3.94. The van der Waals surface area contributed by atoms with Crippen molar-refractivity contribution in [2.45, 2.75) is 43.9 Å². The fraction of sp³-hybridized carbons (Fsp3) is 0.438. The van der Waals surface area contributed by atoms with Crippen molar-refractivity contribution in [2.75, 3.05) is 5.73 Å². The maximum atomic E-state index is 12.9. The highest BCUT2D eigenvalue weighted by Crippen LogP contribution is 2.37. The highest BCUT2D eigenvalue weighted by Gasteiger charge is 2.43. The van der Waals surface area contributed by atoms with Crippen molar-refractivity contribution in [3.63, 3.8) is 0 Å². The molecule has 2 aliphatic heterocycles. The third-order valence-corrected chi connectivity index (χ3v) is 4.88. The molecule has 0 aliphatic carbocycles. The largest absolute Gasteiger partial charge is 0.399 e. The van der Waals surface area contributed by atoms with Crippen molar-refractivity contribution in [3.8, 4) is 0 Å². The van der Waals surface area contributed by atoms with E-state index in [-0.39, 0.29) is 24.1 Å². The number of aromatic nitrogens is 1. The average molecular weight is 285 g/mol. The molecule has 5 heteroatoms. The van der Waals surface area contributed by atoms with E-state index in [1.807, 2.05) is 23.1 Å². The molecule has 2 unspecified atom stereocenters. The number of aromatic amines is 1. The van der Waals surface area contributed by atoms with Crippen molar-refractivity contribution >= 4 is 22.5 Å². The molecule has 4 N–H and O–H groups in total. The SMILES string of the molecule is Nc1ccc2c(C(=O)N3C4CCC3CC(O)C4)c[nH]c2c1. The molecule has 3 heterocycles. The average Bonchev–Trinajstić information content (AvgIpc) is 2.97. The van der Waals surface area contributed by atoms with Crippen LogP contribution in [0.5, 0.6) is 0 Å². The van der Waals surface area contributed by atoms with Crippen molar-refractivity contribution < 1.29 is 9.90 Å². The first kappa shape index (κ1) is 12.7. The van der Waals surface area contributed by atoms with Gasteiger partial charge in [-0.15, -0.1) is 0 Å². The molecule has 4 rings (SSSR count). The number of aliphatic hydroxyl groups is 1. The maximum absolute atomic E-state index is 12.9. The molecule has 2 aromatic rings. The first-order valence-electron chi connectivity index (χ1n) is 7.51. The second kappa shape index (κ2) is 4.49. The summed E-state index contributed by atoms with van der Waals surface area (Å²) < 4.78 is 0. The Labute approximate surface area is 122 Å². The number of nitrogens with two attached hydrogens (primary N) is 1. The van der Waals surface area contributed by atoms with Gasteiger partial charge in [-0.25, -0.2) is 0 Å². The minimum Gasteiger partial charge on any atom is -0.399 e. The number of fused-ring (bicyclic) bond motifs is 3. The molecule has 2 bridgehead atoms. The Morgan fingerprint density at radius 3 is 2.71 bits per heavy atom. The molecule has 5 nitrogen and oxygen atoms in total. The van der Waals surface area contributed by atoms with Crippen LogP contribution in [0.4, 0.5) is 5.69 Å². The predicted octanol–water partition coefficient (Wildman–Crippen LogP) is 1.88. The molecule has 2 fully saturated rings. The van der Waals surface area contributed by atoms with Crippen LogP contribution in [0.1, 0.15) is 36.0 Å². The number of hydrogen-bond donors (Lipinski definition) is 3. The van der Waals surface area contributed by atoms with Gasteiger partial charge in [-0.05, 0) is 43.9 Å². The second-order valence-electron chi connectivity index (χ2n) is 6.23. The van der Waals surface area contributed by atoms with Crippen molar-refractivity contribution in [1.82, 2.24) is 9.88 Å². The van der Waals surface area contributed by atoms with Gasteiger partial charge >= 0.3 is 0 Å². The van der Waals surface area contributed by atoms with E-state index in [2.05, 4.69) is 4.98 Å². The van der Waals surface area contributed by atoms with Gasteiger partial charge in [-0.3, -0.25) is 4.79 Å². The topological polar surface area (TPSA) is 82.3 Å². The first-order valence-corrected chi connectivity index (χ1v) is 7.51. The molecule has 110 valence electrons. The summed E-state index contributed by atoms with van der Waals surface area (Å²) in [6.07, 6.45) is 4.94. The van der Waals surface area contributed by atoms with Crippen molar-refractivity contribution in [1.29, 1.82) is 0 Å². The molecule has 0 spiro atoms. The zero-order chi connectivity index (χ0) is 14.6. The van der Waals surface area contributed by atoms with Gasteiger partial charge in [-0.1, -0.05) is 0 Å². The number of nitrogens with zero attached hydrogens (tertiary/aromatic N) is 1. The van der Waals surface area contributed by atoms with Crippen molar-refractivity contribution in [3.05, 3.63) is 30.0 Å². The standard InChI is InChI=1S/C16H19N3O2/c17-9-1-4-13-14(8-18-15(13)5-9)16(21)19-10-2-3-11(19)7-12(20)6-10/h1,4-5,8,10-12,18,20H,2-3,6-7,17H2. The quantitative estimate of drug-likeness (QED) is 0.700. The number of amides is 1. The lowest BCUT2D eigenvalue weighted by atomic mass is 9.98. The van der Waals surface area contributed by atoms with E-state index in [4.69, 9.17) is 5.73 Å². The molecule has 0 radical (unpaired) electrons. The number of anilines is 1. The number of benzene rings is 1. The van der Waals surface area contributed by atoms with E-state index < -0.39 is 0 Å². The number of rotatable bonds is 1. The molecule has 1 aromatic heterocycles. The van der Waals surface area contributed by atoms with Crippen LogP contribution in [0.3, 0.4) is 0 Å². The van der Waals surface area contributed by atoms with E-state index in [0.717, 1.165) is 23.7 Å². The van der Waals surface area contributed by atoms with Crippen LogP contribution in [-0.4, -0.2) is 39.1 Å². The Morgan fingerprint density at radius 1 is 1.29 bits per heavy atom. The van der Waals surface area contributed by atoms with Crippen LogP contribution in [0.2, 0.25) is 0 Å². The molecular formula is C16H19N3O2. The number of nitrogens with one attached hydrogen (secondary N) is 1. The lowest BCUT2D eigenvalue weighted by molar-refractivity contribution is 0.0288. The molecule has 0 saturated carbocycles. The van der Waals surface area contributed by atoms with E-state index in [1.165, 1.54) is 0 Å². The Kier molecular flexibility index (Phi) is 2.72. The lowest BCUT2D eigenvalue weighted by Crippen LogP contribution is -2.47. The number of carbonyl (C=O) groups excluding carboxylic acids is 1. The number of carbonyl (C=O) groups is 1. The van der Waals surface area contributed by atoms with Crippen LogP contribution < -0.4 is 5.73 Å². The molecule has 1 aromatic carbocycles. The zero-order valence-corrected chi connectivity index (χ0v) is 11.7. The molecular weight excluding hydrogens is 266 g/mol. The minimum atomic E-state index is -0.255. The summed E-state index contributed by atoms with van der Waals surface area (Å²) in [5.41, 5.74) is 8.06. The van der Waals surface area contributed by atoms with Gasteiger partial charge in [0.1, 0.15) is 0 Å². The van der Waals surface area contributed by atoms with Gasteiger partial charge < -0.3 is 20.7 Å². The fourth-order valence-electron chi connectivity index (χ4n) is 3.94. The third-order valence-electron chi connectivity index (χ3n) is 4.88. The normalized spacial score (nSPS) is 28.2. The van der Waals surface area contributed by atoms with Crippen LogP contribution in [0.15, 0.2) is 24.4 Å². The van der Waals surface area contributed by atoms with Crippen LogP contribution in [0.25, 0.3) is 10.9 Å². The highest BCUT2D eigenvalue weighted by molar-refractivity contribution is 6.07. The number of nitrogen functional groups attached to an aromatic ring is 1. The van der Waals surface area contributed by atoms with E-state index >= 15 is 0 Å². The van der Waals surface area contributed by atoms with Crippen LogP contribution >= 0.6 is 0 Å². The Bertz CT molecular complexity index is 695. The second-order valence-corrected chi connectivity index (χ2v) is 6.23. The summed E-state index contributed by atoms with van der Waals surface area (Å²) in [4.78, 5) is 18.0. The van der Waals surface area contributed by atoms with E-state index in [1.54, 1.807) is 6.20 Å². The van der Waals surface area contributed by atoms with Gasteiger partial charge in [0.25, 0.3) is 5.91 Å². The molecule has 1 amide bonds. The van der Waals surface area contributed by atoms with Crippen molar-refractivity contribution in [2.24, 2.45) is 0 Å². The lowest BCUT2D eigenvalue weighted by Gasteiger charge is -2.37.